The fraction of sp³-hybridized carbons (Fsp3) is 0.286. The van der Waals surface area contributed by atoms with Crippen molar-refractivity contribution in [3.63, 3.8) is 0 Å². The summed E-state index contributed by atoms with van der Waals surface area (Å²) in [7, 11) is 0. The van der Waals surface area contributed by atoms with Gasteiger partial charge < -0.3 is 9.47 Å². The quantitative estimate of drug-likeness (QED) is 0.481. The zero-order valence-electron chi connectivity index (χ0n) is 10.5. The first-order chi connectivity index (χ1) is 9.22. The molecule has 1 heterocycles. The van der Waals surface area contributed by atoms with Crippen molar-refractivity contribution in [2.75, 3.05) is 13.2 Å². The van der Waals surface area contributed by atoms with E-state index in [1.165, 1.54) is 18.0 Å². The molecule has 0 saturated heterocycles. The van der Waals surface area contributed by atoms with Gasteiger partial charge in [0.15, 0.2) is 6.61 Å². The molecule has 0 atom stereocenters. The highest BCUT2D eigenvalue weighted by Crippen LogP contribution is 2.33. The molecule has 0 radical (unpaired) electrons. The summed E-state index contributed by atoms with van der Waals surface area (Å²) < 4.78 is 9.89. The number of hydrogen-bond donors (Lipinski definition) is 0. The van der Waals surface area contributed by atoms with Gasteiger partial charge in [0, 0.05) is 5.75 Å². The van der Waals surface area contributed by atoms with E-state index in [9.17, 15) is 9.59 Å². The molecule has 1 aromatic rings. The number of benzene rings is 1. The number of esters is 1. The second-order valence-corrected chi connectivity index (χ2v) is 4.83. The number of hydrogen-bond acceptors (Lipinski definition) is 5. The average molecular weight is 278 g/mol. The molecule has 2 rings (SSSR count). The van der Waals surface area contributed by atoms with Crippen molar-refractivity contribution in [2.24, 2.45) is 0 Å². The lowest BCUT2D eigenvalue weighted by atomic mass is 10.0. The summed E-state index contributed by atoms with van der Waals surface area (Å²) in [6, 6.07) is 7.67. The molecule has 0 unspecified atom stereocenters. The van der Waals surface area contributed by atoms with Crippen LogP contribution in [0.1, 0.15) is 18.1 Å². The maximum atomic E-state index is 11.9. The Morgan fingerprint density at radius 3 is 3.00 bits per heavy atom. The average Bonchev–Trinajstić information content (AvgIpc) is 2.41. The maximum Gasteiger partial charge on any atom is 0.344 e. The predicted molar refractivity (Wildman–Crippen MR) is 73.3 cm³/mol. The first-order valence-electron chi connectivity index (χ1n) is 5.95. The summed E-state index contributed by atoms with van der Waals surface area (Å²) in [4.78, 5) is 23.0. The molecule has 0 fully saturated rings. The van der Waals surface area contributed by atoms with Gasteiger partial charge in [0.05, 0.1) is 18.4 Å². The third-order valence-electron chi connectivity index (χ3n) is 2.59. The number of carbonyl (C=O) groups is 2. The number of carbonyl (C=O) groups excluding carboxylic acids is 2. The van der Waals surface area contributed by atoms with E-state index in [0.29, 0.717) is 17.9 Å². The highest BCUT2D eigenvalue weighted by Gasteiger charge is 2.22. The second-order valence-electron chi connectivity index (χ2n) is 3.88. The van der Waals surface area contributed by atoms with Gasteiger partial charge in [-0.2, -0.15) is 0 Å². The first kappa shape index (κ1) is 13.7. The van der Waals surface area contributed by atoms with Crippen LogP contribution in [0, 0.1) is 0 Å². The molecule has 1 aliphatic rings. The third-order valence-corrected chi connectivity index (χ3v) is 3.53. The molecular formula is C14H14O4S. The molecule has 1 aromatic carbocycles. The van der Waals surface area contributed by atoms with Crippen molar-refractivity contribution in [3.05, 3.63) is 41.7 Å². The van der Waals surface area contributed by atoms with Gasteiger partial charge in [0.25, 0.3) is 0 Å². The van der Waals surface area contributed by atoms with Gasteiger partial charge >= 0.3 is 5.97 Å². The van der Waals surface area contributed by atoms with E-state index in [1.54, 1.807) is 6.92 Å². The Bertz CT molecular complexity index is 522. The molecule has 0 spiro atoms. The minimum absolute atomic E-state index is 0.0393. The smallest absolute Gasteiger partial charge is 0.344 e. The largest absolute Gasteiger partial charge is 0.489 e. The molecule has 19 heavy (non-hydrogen) atoms. The fourth-order valence-corrected chi connectivity index (χ4v) is 2.60. The molecular weight excluding hydrogens is 264 g/mol. The molecule has 4 nitrogen and oxygen atoms in total. The van der Waals surface area contributed by atoms with E-state index in [-0.39, 0.29) is 11.7 Å². The van der Waals surface area contributed by atoms with Crippen LogP contribution in [-0.2, 0) is 24.8 Å². The number of thioether (sulfide) groups is 1. The van der Waals surface area contributed by atoms with Crippen molar-refractivity contribution >= 4 is 28.4 Å². The van der Waals surface area contributed by atoms with Crippen molar-refractivity contribution in [3.8, 4) is 0 Å². The predicted octanol–water partition coefficient (Wildman–Crippen LogP) is 2.38. The second kappa shape index (κ2) is 6.43. The molecule has 5 heteroatoms. The van der Waals surface area contributed by atoms with Gasteiger partial charge in [0.2, 0.25) is 5.12 Å². The molecule has 0 aromatic heterocycles. The Hall–Kier alpha value is -1.75. The van der Waals surface area contributed by atoms with Gasteiger partial charge in [-0.1, -0.05) is 36.0 Å². The SMILES string of the molecule is CCOC(=O)CO/C=C1/C(=O)SCc2ccccc21. The van der Waals surface area contributed by atoms with Crippen LogP contribution in [-0.4, -0.2) is 24.3 Å². The van der Waals surface area contributed by atoms with Crippen LogP contribution in [0.3, 0.4) is 0 Å². The first-order valence-corrected chi connectivity index (χ1v) is 6.93. The molecule has 0 amide bonds. The van der Waals surface area contributed by atoms with Gasteiger partial charge in [-0.15, -0.1) is 0 Å². The minimum Gasteiger partial charge on any atom is -0.489 e. The third kappa shape index (κ3) is 3.38. The fourth-order valence-electron chi connectivity index (χ4n) is 1.75. The minimum atomic E-state index is -0.441. The summed E-state index contributed by atoms with van der Waals surface area (Å²) >= 11 is 1.23. The summed E-state index contributed by atoms with van der Waals surface area (Å²) in [6.07, 6.45) is 1.35. The van der Waals surface area contributed by atoms with E-state index in [0.717, 1.165) is 11.1 Å². The van der Waals surface area contributed by atoms with Crippen molar-refractivity contribution in [2.45, 2.75) is 12.7 Å². The normalized spacial score (nSPS) is 16.1. The maximum absolute atomic E-state index is 11.9. The monoisotopic (exact) mass is 278 g/mol. The van der Waals surface area contributed by atoms with Crippen LogP contribution in [0.25, 0.3) is 5.57 Å². The number of ether oxygens (including phenoxy) is 2. The standard InChI is InChI=1S/C14H14O4S/c1-2-18-13(15)8-17-7-12-11-6-4-3-5-10(11)9-19-14(12)16/h3-7H,2,8-9H2,1H3/b12-7+. The summed E-state index contributed by atoms with van der Waals surface area (Å²) in [6.45, 7) is 1.86. The molecule has 0 aliphatic carbocycles. The Morgan fingerprint density at radius 2 is 2.21 bits per heavy atom. The topological polar surface area (TPSA) is 52.6 Å². The van der Waals surface area contributed by atoms with Gasteiger partial charge in [-0.05, 0) is 18.1 Å². The number of rotatable bonds is 4. The van der Waals surface area contributed by atoms with Crippen LogP contribution in [0.4, 0.5) is 0 Å². The lowest BCUT2D eigenvalue weighted by Gasteiger charge is -2.16. The Kier molecular flexibility index (Phi) is 4.63. The van der Waals surface area contributed by atoms with E-state index in [1.807, 2.05) is 24.3 Å². The van der Waals surface area contributed by atoms with Crippen LogP contribution in [0.5, 0.6) is 0 Å². The zero-order valence-corrected chi connectivity index (χ0v) is 11.4. The molecule has 0 saturated carbocycles. The van der Waals surface area contributed by atoms with Crippen molar-refractivity contribution in [1.29, 1.82) is 0 Å². The van der Waals surface area contributed by atoms with Crippen molar-refractivity contribution < 1.29 is 19.1 Å². The highest BCUT2D eigenvalue weighted by molar-refractivity contribution is 8.14. The lowest BCUT2D eigenvalue weighted by molar-refractivity contribution is -0.146. The van der Waals surface area contributed by atoms with E-state index in [4.69, 9.17) is 9.47 Å². The van der Waals surface area contributed by atoms with Crippen LogP contribution in [0.2, 0.25) is 0 Å². The van der Waals surface area contributed by atoms with Gasteiger partial charge in [-0.3, -0.25) is 4.79 Å². The number of fused-ring (bicyclic) bond motifs is 1. The Labute approximate surface area is 115 Å². The zero-order chi connectivity index (χ0) is 13.7. The molecule has 0 bridgehead atoms. The molecule has 1 aliphatic heterocycles. The summed E-state index contributed by atoms with van der Waals surface area (Å²) in [5.74, 6) is 0.230. The van der Waals surface area contributed by atoms with E-state index < -0.39 is 5.97 Å². The van der Waals surface area contributed by atoms with Crippen LogP contribution < -0.4 is 0 Å². The highest BCUT2D eigenvalue weighted by atomic mass is 32.2. The Balaban J connectivity index is 2.10. The van der Waals surface area contributed by atoms with Crippen molar-refractivity contribution in [1.82, 2.24) is 0 Å². The summed E-state index contributed by atoms with van der Waals surface area (Å²) in [5, 5.41) is -0.0393. The summed E-state index contributed by atoms with van der Waals surface area (Å²) in [5.41, 5.74) is 2.46. The van der Waals surface area contributed by atoms with Gasteiger partial charge in [-0.25, -0.2) is 4.79 Å². The van der Waals surface area contributed by atoms with Gasteiger partial charge in [0.1, 0.15) is 0 Å². The van der Waals surface area contributed by atoms with E-state index in [2.05, 4.69) is 0 Å². The lowest BCUT2D eigenvalue weighted by Crippen LogP contribution is -2.12. The van der Waals surface area contributed by atoms with E-state index >= 15 is 0 Å². The van der Waals surface area contributed by atoms with Crippen LogP contribution in [0.15, 0.2) is 30.5 Å². The molecule has 0 N–H and O–H groups in total. The van der Waals surface area contributed by atoms with Crippen LogP contribution >= 0.6 is 11.8 Å². The Morgan fingerprint density at radius 1 is 1.42 bits per heavy atom. The molecule has 100 valence electrons.